The zero-order valence-corrected chi connectivity index (χ0v) is 13.8. The van der Waals surface area contributed by atoms with Crippen LogP contribution in [0.1, 0.15) is 59.3 Å². The van der Waals surface area contributed by atoms with E-state index in [1.165, 1.54) is 38.5 Å². The van der Waals surface area contributed by atoms with Crippen molar-refractivity contribution in [1.29, 1.82) is 0 Å². The molecule has 0 aliphatic heterocycles. The lowest BCUT2D eigenvalue weighted by Gasteiger charge is -2.57. The molecule has 4 fully saturated rings. The minimum absolute atomic E-state index is 0. The van der Waals surface area contributed by atoms with Gasteiger partial charge in [-0.2, -0.15) is 0 Å². The van der Waals surface area contributed by atoms with E-state index >= 15 is 0 Å². The summed E-state index contributed by atoms with van der Waals surface area (Å²) in [5.74, 6) is 2.86. The zero-order valence-electron chi connectivity index (χ0n) is 13.0. The molecule has 0 aromatic rings. The summed E-state index contributed by atoms with van der Waals surface area (Å²) in [6.07, 6.45) is 7.99. The number of halogens is 1. The normalized spacial score (nSPS) is 38.5. The Hall–Kier alpha value is -0.280. The molecule has 4 heteroatoms. The van der Waals surface area contributed by atoms with Crippen LogP contribution in [0.25, 0.3) is 0 Å². The largest absolute Gasteiger partial charge is 0.350 e. The number of hydrogen-bond acceptors (Lipinski definition) is 2. The summed E-state index contributed by atoms with van der Waals surface area (Å²) in [4.78, 5) is 12.2. The highest BCUT2D eigenvalue weighted by Crippen LogP contribution is 2.55. The van der Waals surface area contributed by atoms with Crippen LogP contribution in [-0.2, 0) is 4.79 Å². The summed E-state index contributed by atoms with van der Waals surface area (Å²) >= 11 is 0. The Morgan fingerprint density at radius 2 is 1.50 bits per heavy atom. The molecule has 0 spiro atoms. The van der Waals surface area contributed by atoms with Gasteiger partial charge in [0.05, 0.1) is 6.54 Å². The van der Waals surface area contributed by atoms with Crippen LogP contribution in [0, 0.1) is 17.8 Å². The van der Waals surface area contributed by atoms with Crippen molar-refractivity contribution in [3.63, 3.8) is 0 Å². The zero-order chi connectivity index (χ0) is 13.7. The second kappa shape index (κ2) is 5.49. The molecule has 0 radical (unpaired) electrons. The SMILES string of the molecule is CC(C)(C)NCC(=O)NC12CC3CC(CC(C3)C1)C2.Cl. The molecule has 1 amide bonds. The molecule has 3 nitrogen and oxygen atoms in total. The molecular formula is C16H29ClN2O. The molecule has 0 unspecified atom stereocenters. The highest BCUT2D eigenvalue weighted by atomic mass is 35.5. The van der Waals surface area contributed by atoms with Gasteiger partial charge in [0.25, 0.3) is 0 Å². The molecule has 4 saturated carbocycles. The van der Waals surface area contributed by atoms with E-state index in [1.54, 1.807) is 0 Å². The third kappa shape index (κ3) is 3.48. The third-order valence-electron chi connectivity index (χ3n) is 5.22. The van der Waals surface area contributed by atoms with E-state index in [0.29, 0.717) is 6.54 Å². The fourth-order valence-electron chi connectivity index (χ4n) is 4.95. The van der Waals surface area contributed by atoms with Crippen molar-refractivity contribution in [2.75, 3.05) is 6.54 Å². The highest BCUT2D eigenvalue weighted by Gasteiger charge is 2.51. The van der Waals surface area contributed by atoms with Crippen LogP contribution in [0.5, 0.6) is 0 Å². The van der Waals surface area contributed by atoms with Crippen LogP contribution >= 0.6 is 12.4 Å². The molecule has 0 atom stereocenters. The second-order valence-corrected chi connectivity index (χ2v) is 8.35. The first-order valence-corrected chi connectivity index (χ1v) is 7.90. The first kappa shape index (κ1) is 16.1. The molecule has 116 valence electrons. The molecular weight excluding hydrogens is 272 g/mol. The van der Waals surface area contributed by atoms with Crippen molar-refractivity contribution in [3.05, 3.63) is 0 Å². The predicted octanol–water partition coefficient (Wildman–Crippen LogP) is 2.88. The van der Waals surface area contributed by atoms with Gasteiger partial charge in [-0.15, -0.1) is 12.4 Å². The Bertz CT molecular complexity index is 340. The van der Waals surface area contributed by atoms with Crippen LogP contribution in [0.15, 0.2) is 0 Å². The van der Waals surface area contributed by atoms with Crippen molar-refractivity contribution in [3.8, 4) is 0 Å². The van der Waals surface area contributed by atoms with Crippen molar-refractivity contribution in [2.24, 2.45) is 17.8 Å². The van der Waals surface area contributed by atoms with E-state index < -0.39 is 0 Å². The maximum atomic E-state index is 12.2. The van der Waals surface area contributed by atoms with E-state index in [2.05, 4.69) is 31.4 Å². The highest BCUT2D eigenvalue weighted by molar-refractivity contribution is 5.85. The minimum Gasteiger partial charge on any atom is -0.350 e. The van der Waals surface area contributed by atoms with E-state index in [4.69, 9.17) is 0 Å². The molecule has 0 heterocycles. The summed E-state index contributed by atoms with van der Waals surface area (Å²) in [5.41, 5.74) is 0.171. The van der Waals surface area contributed by atoms with E-state index in [-0.39, 0.29) is 29.4 Å². The summed E-state index contributed by atoms with van der Waals surface area (Å²) in [6.45, 7) is 6.76. The lowest BCUT2D eigenvalue weighted by molar-refractivity contribution is -0.126. The first-order chi connectivity index (χ1) is 8.84. The molecule has 2 N–H and O–H groups in total. The maximum Gasteiger partial charge on any atom is 0.234 e. The summed E-state index contributed by atoms with van der Waals surface area (Å²) < 4.78 is 0. The number of carbonyl (C=O) groups excluding carboxylic acids is 1. The van der Waals surface area contributed by atoms with E-state index in [1.807, 2.05) is 0 Å². The van der Waals surface area contributed by atoms with Crippen LogP contribution < -0.4 is 10.6 Å². The van der Waals surface area contributed by atoms with Crippen molar-refractivity contribution in [1.82, 2.24) is 10.6 Å². The van der Waals surface area contributed by atoms with E-state index in [9.17, 15) is 4.79 Å². The standard InChI is InChI=1S/C16H28N2O.ClH/c1-15(2,3)17-10-14(19)18-16-7-11-4-12(8-16)6-13(5-11)9-16;/h11-13,17H,4-10H2,1-3H3,(H,18,19);1H. The summed E-state index contributed by atoms with van der Waals surface area (Å²) in [6, 6.07) is 0. The Kier molecular flexibility index (Phi) is 4.42. The summed E-state index contributed by atoms with van der Waals surface area (Å²) in [5, 5.41) is 6.69. The van der Waals surface area contributed by atoms with Crippen molar-refractivity contribution in [2.45, 2.75) is 70.4 Å². The second-order valence-electron chi connectivity index (χ2n) is 8.35. The van der Waals surface area contributed by atoms with Gasteiger partial charge in [-0.1, -0.05) is 0 Å². The number of rotatable bonds is 3. The Morgan fingerprint density at radius 1 is 1.05 bits per heavy atom. The molecule has 4 aliphatic carbocycles. The van der Waals surface area contributed by atoms with Crippen LogP contribution in [0.4, 0.5) is 0 Å². The monoisotopic (exact) mass is 300 g/mol. The molecule has 0 saturated heterocycles. The maximum absolute atomic E-state index is 12.2. The minimum atomic E-state index is 0. The van der Waals surface area contributed by atoms with Gasteiger partial charge in [0.2, 0.25) is 5.91 Å². The Balaban J connectivity index is 0.00000147. The number of nitrogens with one attached hydrogen (secondary N) is 2. The molecule has 20 heavy (non-hydrogen) atoms. The molecule has 4 bridgehead atoms. The molecule has 0 aromatic carbocycles. The van der Waals surface area contributed by atoms with Gasteiger partial charge in [-0.05, 0) is 77.0 Å². The number of amides is 1. The van der Waals surface area contributed by atoms with Gasteiger partial charge in [0.15, 0.2) is 0 Å². The van der Waals surface area contributed by atoms with Gasteiger partial charge in [0.1, 0.15) is 0 Å². The van der Waals surface area contributed by atoms with Crippen molar-refractivity contribution >= 4 is 18.3 Å². The van der Waals surface area contributed by atoms with Gasteiger partial charge in [-0.3, -0.25) is 4.79 Å². The first-order valence-electron chi connectivity index (χ1n) is 7.90. The average molecular weight is 301 g/mol. The molecule has 0 aromatic heterocycles. The fourth-order valence-corrected chi connectivity index (χ4v) is 4.95. The molecule has 4 aliphatic rings. The quantitative estimate of drug-likeness (QED) is 0.841. The fraction of sp³-hybridized carbons (Fsp3) is 0.938. The number of carbonyl (C=O) groups is 1. The molecule has 4 rings (SSSR count). The van der Waals surface area contributed by atoms with E-state index in [0.717, 1.165) is 17.8 Å². The Labute approximate surface area is 129 Å². The average Bonchev–Trinajstić information content (AvgIpc) is 2.22. The van der Waals surface area contributed by atoms with Gasteiger partial charge < -0.3 is 10.6 Å². The third-order valence-corrected chi connectivity index (χ3v) is 5.22. The Morgan fingerprint density at radius 3 is 1.90 bits per heavy atom. The van der Waals surface area contributed by atoms with Crippen LogP contribution in [0.3, 0.4) is 0 Å². The van der Waals surface area contributed by atoms with Crippen molar-refractivity contribution < 1.29 is 4.79 Å². The van der Waals surface area contributed by atoms with Gasteiger partial charge in [-0.25, -0.2) is 0 Å². The topological polar surface area (TPSA) is 41.1 Å². The van der Waals surface area contributed by atoms with Gasteiger partial charge in [0, 0.05) is 11.1 Å². The summed E-state index contributed by atoms with van der Waals surface area (Å²) in [7, 11) is 0. The lowest BCUT2D eigenvalue weighted by atomic mass is 9.53. The smallest absolute Gasteiger partial charge is 0.234 e. The van der Waals surface area contributed by atoms with Crippen LogP contribution in [-0.4, -0.2) is 23.5 Å². The number of hydrogen-bond donors (Lipinski definition) is 2. The predicted molar refractivity (Wildman–Crippen MR) is 84.0 cm³/mol. The van der Waals surface area contributed by atoms with Crippen LogP contribution in [0.2, 0.25) is 0 Å². The van der Waals surface area contributed by atoms with Gasteiger partial charge >= 0.3 is 0 Å². The lowest BCUT2D eigenvalue weighted by Crippen LogP contribution is -2.61.